The van der Waals surface area contributed by atoms with Gasteiger partial charge in [-0.25, -0.2) is 0 Å². The van der Waals surface area contributed by atoms with Gasteiger partial charge in [0, 0.05) is 33.4 Å². The van der Waals surface area contributed by atoms with Crippen LogP contribution in [0, 0.1) is 0 Å². The molecule has 20 heavy (non-hydrogen) atoms. The molecule has 5 heteroatoms. The second kappa shape index (κ2) is 5.42. The van der Waals surface area contributed by atoms with Gasteiger partial charge < -0.3 is 9.88 Å². The summed E-state index contributed by atoms with van der Waals surface area (Å²) in [5.41, 5.74) is 1.61. The molecule has 3 aromatic rings. The fourth-order valence-corrected chi connectivity index (χ4v) is 3.71. The monoisotopic (exact) mass is 348 g/mol. The normalized spacial score (nSPS) is 10.9. The van der Waals surface area contributed by atoms with E-state index in [0.29, 0.717) is 12.1 Å². The van der Waals surface area contributed by atoms with Gasteiger partial charge in [0.15, 0.2) is 0 Å². The van der Waals surface area contributed by atoms with Gasteiger partial charge in [0.05, 0.1) is 17.6 Å². The lowest BCUT2D eigenvalue weighted by atomic mass is 10.1. The third-order valence-corrected chi connectivity index (χ3v) is 4.86. The highest BCUT2D eigenvalue weighted by atomic mass is 79.9. The number of H-pyrrole nitrogens is 1. The summed E-state index contributed by atoms with van der Waals surface area (Å²) in [5, 5.41) is 3.09. The molecule has 0 unspecified atom stereocenters. The maximum atomic E-state index is 12.6. The van der Waals surface area contributed by atoms with E-state index in [9.17, 15) is 4.79 Å². The van der Waals surface area contributed by atoms with Crippen LogP contribution in [0.4, 0.5) is 0 Å². The second-order valence-electron chi connectivity index (χ2n) is 4.64. The maximum absolute atomic E-state index is 12.6. The maximum Gasteiger partial charge on any atom is 0.256 e. The Bertz CT molecular complexity index is 762. The molecule has 0 bridgehead atoms. The number of hydrogen-bond acceptors (Lipinski definition) is 2. The van der Waals surface area contributed by atoms with Gasteiger partial charge in [-0.05, 0) is 34.1 Å². The second-order valence-corrected chi connectivity index (χ2v) is 6.55. The van der Waals surface area contributed by atoms with E-state index < -0.39 is 0 Å². The highest BCUT2D eigenvalue weighted by Gasteiger charge is 2.16. The minimum atomic E-state index is 0.0302. The summed E-state index contributed by atoms with van der Waals surface area (Å²) >= 11 is 5.08. The van der Waals surface area contributed by atoms with Crippen LogP contribution in [0.3, 0.4) is 0 Å². The van der Waals surface area contributed by atoms with Crippen molar-refractivity contribution in [2.45, 2.75) is 6.54 Å². The number of amides is 1. The third-order valence-electron chi connectivity index (χ3n) is 3.18. The molecule has 1 aromatic carbocycles. The topological polar surface area (TPSA) is 36.1 Å². The number of carbonyl (C=O) groups excluding carboxylic acids is 1. The van der Waals surface area contributed by atoms with Crippen molar-refractivity contribution < 1.29 is 4.79 Å². The summed E-state index contributed by atoms with van der Waals surface area (Å²) in [6, 6.07) is 9.80. The molecule has 1 N–H and O–H groups in total. The zero-order valence-electron chi connectivity index (χ0n) is 10.9. The van der Waals surface area contributed by atoms with E-state index in [4.69, 9.17) is 0 Å². The Hall–Kier alpha value is -1.59. The zero-order chi connectivity index (χ0) is 14.1. The molecule has 0 atom stereocenters. The number of thiophene rings is 1. The van der Waals surface area contributed by atoms with E-state index in [2.05, 4.69) is 20.9 Å². The minimum absolute atomic E-state index is 0.0302. The van der Waals surface area contributed by atoms with Crippen LogP contribution in [0.25, 0.3) is 10.9 Å². The van der Waals surface area contributed by atoms with Gasteiger partial charge in [-0.3, -0.25) is 4.79 Å². The predicted octanol–water partition coefficient (Wildman–Crippen LogP) is 4.26. The molecule has 0 saturated carbocycles. The first-order valence-electron chi connectivity index (χ1n) is 6.19. The van der Waals surface area contributed by atoms with E-state index in [0.717, 1.165) is 20.3 Å². The molecule has 0 fully saturated rings. The highest BCUT2D eigenvalue weighted by Crippen LogP contribution is 2.23. The van der Waals surface area contributed by atoms with Crippen LogP contribution in [0.15, 0.2) is 46.4 Å². The Labute approximate surface area is 129 Å². The number of carbonyl (C=O) groups is 1. The van der Waals surface area contributed by atoms with Crippen molar-refractivity contribution in [1.82, 2.24) is 9.88 Å². The fraction of sp³-hybridized carbons (Fsp3) is 0.133. The fourth-order valence-electron chi connectivity index (χ4n) is 2.21. The lowest BCUT2D eigenvalue weighted by molar-refractivity contribution is 0.0788. The lowest BCUT2D eigenvalue weighted by Crippen LogP contribution is -2.26. The van der Waals surface area contributed by atoms with Crippen molar-refractivity contribution in [1.29, 1.82) is 0 Å². The number of para-hydroxylation sites is 1. The average Bonchev–Trinajstić information content (AvgIpc) is 3.06. The number of nitrogens with one attached hydrogen (secondary N) is 1. The summed E-state index contributed by atoms with van der Waals surface area (Å²) in [6.07, 6.45) is 1.86. The summed E-state index contributed by atoms with van der Waals surface area (Å²) in [6.45, 7) is 0.617. The average molecular weight is 349 g/mol. The summed E-state index contributed by atoms with van der Waals surface area (Å²) in [4.78, 5) is 18.6. The van der Waals surface area contributed by atoms with Crippen molar-refractivity contribution in [3.63, 3.8) is 0 Å². The van der Waals surface area contributed by atoms with Crippen molar-refractivity contribution in [2.75, 3.05) is 7.05 Å². The van der Waals surface area contributed by atoms with Crippen LogP contribution in [0.5, 0.6) is 0 Å². The third kappa shape index (κ3) is 2.51. The number of fused-ring (bicyclic) bond motifs is 1. The van der Waals surface area contributed by atoms with Crippen molar-refractivity contribution in [3.05, 3.63) is 56.8 Å². The van der Waals surface area contributed by atoms with Crippen LogP contribution < -0.4 is 0 Å². The smallest absolute Gasteiger partial charge is 0.256 e. The van der Waals surface area contributed by atoms with Gasteiger partial charge in [0.1, 0.15) is 0 Å². The Morgan fingerprint density at radius 2 is 2.25 bits per heavy atom. The Kier molecular flexibility index (Phi) is 3.63. The van der Waals surface area contributed by atoms with Gasteiger partial charge in [-0.2, -0.15) is 0 Å². The number of rotatable bonds is 3. The summed E-state index contributed by atoms with van der Waals surface area (Å²) in [5.74, 6) is 0.0302. The molecular weight excluding hydrogens is 336 g/mol. The molecule has 1 amide bonds. The van der Waals surface area contributed by atoms with Crippen LogP contribution in [-0.4, -0.2) is 22.8 Å². The SMILES string of the molecule is CN(Cc1cc(Br)cs1)C(=O)c1cccc2cc[nH]c12. The van der Waals surface area contributed by atoms with Gasteiger partial charge in [0.2, 0.25) is 0 Å². The predicted molar refractivity (Wildman–Crippen MR) is 86.1 cm³/mol. The van der Waals surface area contributed by atoms with E-state index in [1.807, 2.05) is 49.0 Å². The van der Waals surface area contributed by atoms with Crippen molar-refractivity contribution in [2.24, 2.45) is 0 Å². The largest absolute Gasteiger partial charge is 0.361 e. The number of benzene rings is 1. The van der Waals surface area contributed by atoms with E-state index >= 15 is 0 Å². The minimum Gasteiger partial charge on any atom is -0.361 e. The van der Waals surface area contributed by atoms with Crippen LogP contribution in [-0.2, 0) is 6.54 Å². The standard InChI is InChI=1S/C15H13BrN2OS/c1-18(8-12-7-11(16)9-20-12)15(19)13-4-2-3-10-5-6-17-14(10)13/h2-7,9,17H,8H2,1H3. The molecule has 0 aliphatic heterocycles. The molecule has 3 rings (SSSR count). The molecule has 0 aliphatic carbocycles. The van der Waals surface area contributed by atoms with Crippen LogP contribution in [0.2, 0.25) is 0 Å². The Balaban J connectivity index is 1.86. The molecule has 0 radical (unpaired) electrons. The molecule has 0 aliphatic rings. The number of nitrogens with zero attached hydrogens (tertiary/aromatic N) is 1. The van der Waals surface area contributed by atoms with Crippen molar-refractivity contribution in [3.8, 4) is 0 Å². The number of aromatic nitrogens is 1. The molecule has 0 spiro atoms. The Morgan fingerprint density at radius 1 is 1.40 bits per heavy atom. The highest BCUT2D eigenvalue weighted by molar-refractivity contribution is 9.10. The summed E-state index contributed by atoms with van der Waals surface area (Å²) in [7, 11) is 1.83. The van der Waals surface area contributed by atoms with Crippen molar-refractivity contribution >= 4 is 44.1 Å². The van der Waals surface area contributed by atoms with E-state index in [1.165, 1.54) is 0 Å². The number of halogens is 1. The first kappa shape index (κ1) is 13.4. The van der Waals surface area contributed by atoms with Gasteiger partial charge in [-0.1, -0.05) is 12.1 Å². The van der Waals surface area contributed by atoms with Crippen LogP contribution >= 0.6 is 27.3 Å². The molecular formula is C15H13BrN2OS. The number of hydrogen-bond donors (Lipinski definition) is 1. The molecule has 0 saturated heterocycles. The molecule has 102 valence electrons. The zero-order valence-corrected chi connectivity index (χ0v) is 13.3. The Morgan fingerprint density at radius 3 is 3.00 bits per heavy atom. The van der Waals surface area contributed by atoms with Gasteiger partial charge in [0.25, 0.3) is 5.91 Å². The molecule has 2 heterocycles. The summed E-state index contributed by atoms with van der Waals surface area (Å²) < 4.78 is 1.06. The first-order chi connectivity index (χ1) is 9.65. The van der Waals surface area contributed by atoms with E-state index in [1.54, 1.807) is 16.2 Å². The molecule has 3 nitrogen and oxygen atoms in total. The van der Waals surface area contributed by atoms with E-state index in [-0.39, 0.29) is 5.91 Å². The van der Waals surface area contributed by atoms with Crippen LogP contribution in [0.1, 0.15) is 15.2 Å². The first-order valence-corrected chi connectivity index (χ1v) is 7.87. The van der Waals surface area contributed by atoms with Gasteiger partial charge >= 0.3 is 0 Å². The molecule has 2 aromatic heterocycles. The van der Waals surface area contributed by atoms with Gasteiger partial charge in [-0.15, -0.1) is 11.3 Å². The lowest BCUT2D eigenvalue weighted by Gasteiger charge is -2.16. The number of aromatic amines is 1. The quantitative estimate of drug-likeness (QED) is 0.753.